The van der Waals surface area contributed by atoms with Gasteiger partial charge in [-0.25, -0.2) is 0 Å². The first-order valence-electron chi connectivity index (χ1n) is 9.54. The number of aryl methyl sites for hydroxylation is 1. The summed E-state index contributed by atoms with van der Waals surface area (Å²) >= 11 is 0. The quantitative estimate of drug-likeness (QED) is 0.842. The number of carbonyl (C=O) groups excluding carboxylic acids is 1. The normalized spacial score (nSPS) is 18.2. The van der Waals surface area contributed by atoms with E-state index in [0.717, 1.165) is 49.4 Å². The van der Waals surface area contributed by atoms with Gasteiger partial charge in [0.25, 0.3) is 0 Å². The molecule has 6 nitrogen and oxygen atoms in total. The molecule has 0 bridgehead atoms. The molecule has 1 atom stereocenters. The Morgan fingerprint density at radius 1 is 1.23 bits per heavy atom. The number of piperidine rings is 1. The molecule has 2 aromatic heterocycles. The number of aromatic nitrogens is 4. The van der Waals surface area contributed by atoms with E-state index >= 15 is 0 Å². The number of carbonyl (C=O) groups is 1. The molecule has 0 radical (unpaired) electrons. The van der Waals surface area contributed by atoms with Crippen LogP contribution in [0.5, 0.6) is 0 Å². The number of hydrogen-bond acceptors (Lipinski definition) is 4. The molecule has 140 valence electrons. The van der Waals surface area contributed by atoms with E-state index in [1.807, 2.05) is 42.6 Å². The van der Waals surface area contributed by atoms with Gasteiger partial charge in [-0.15, -0.1) is 0 Å². The van der Waals surface area contributed by atoms with Crippen molar-refractivity contribution in [3.05, 3.63) is 30.4 Å². The van der Waals surface area contributed by atoms with Crippen molar-refractivity contribution >= 4 is 5.91 Å². The largest absolute Gasteiger partial charge is 0.342 e. The molecule has 1 amide bonds. The Morgan fingerprint density at radius 2 is 2.00 bits per heavy atom. The number of rotatable bonds is 4. The Labute approximate surface area is 155 Å². The van der Waals surface area contributed by atoms with E-state index < -0.39 is 0 Å². The number of amides is 1. The molecular formula is C20H29N5O. The Hall–Kier alpha value is -2.24. The fourth-order valence-corrected chi connectivity index (χ4v) is 3.63. The third-order valence-corrected chi connectivity index (χ3v) is 4.86. The molecule has 0 saturated carbocycles. The minimum absolute atomic E-state index is 0.212. The van der Waals surface area contributed by atoms with E-state index in [1.165, 1.54) is 0 Å². The molecule has 0 aliphatic carbocycles. The van der Waals surface area contributed by atoms with Crippen LogP contribution in [0, 0.1) is 5.41 Å². The molecule has 0 unspecified atom stereocenters. The van der Waals surface area contributed by atoms with Crippen molar-refractivity contribution in [1.29, 1.82) is 0 Å². The van der Waals surface area contributed by atoms with Crippen LogP contribution in [0.4, 0.5) is 0 Å². The summed E-state index contributed by atoms with van der Waals surface area (Å²) in [6, 6.07) is 2.00. The minimum Gasteiger partial charge on any atom is -0.342 e. The zero-order valence-corrected chi connectivity index (χ0v) is 16.3. The molecule has 1 fully saturated rings. The van der Waals surface area contributed by atoms with E-state index in [0.29, 0.717) is 6.54 Å². The molecule has 0 N–H and O–H groups in total. The molecule has 0 spiro atoms. The van der Waals surface area contributed by atoms with Gasteiger partial charge < -0.3 is 4.90 Å². The van der Waals surface area contributed by atoms with Crippen LogP contribution in [-0.4, -0.2) is 43.6 Å². The van der Waals surface area contributed by atoms with E-state index in [-0.39, 0.29) is 17.2 Å². The van der Waals surface area contributed by atoms with Gasteiger partial charge in [0.1, 0.15) is 5.69 Å². The van der Waals surface area contributed by atoms with Gasteiger partial charge in [0.05, 0.1) is 11.4 Å². The van der Waals surface area contributed by atoms with E-state index in [4.69, 9.17) is 0 Å². The molecular weight excluding hydrogens is 326 g/mol. The maximum atomic E-state index is 12.7. The van der Waals surface area contributed by atoms with Gasteiger partial charge in [0.2, 0.25) is 5.91 Å². The lowest BCUT2D eigenvalue weighted by atomic mass is 9.89. The van der Waals surface area contributed by atoms with Crippen molar-refractivity contribution in [1.82, 2.24) is 24.6 Å². The molecule has 0 aromatic carbocycles. The lowest BCUT2D eigenvalue weighted by molar-refractivity contribution is -0.140. The maximum absolute atomic E-state index is 12.7. The van der Waals surface area contributed by atoms with E-state index in [1.54, 1.807) is 12.4 Å². The second-order valence-electron chi connectivity index (χ2n) is 8.07. The van der Waals surface area contributed by atoms with Gasteiger partial charge >= 0.3 is 0 Å². The number of likely N-dealkylation sites (tertiary alicyclic amines) is 1. The maximum Gasteiger partial charge on any atom is 0.227 e. The lowest BCUT2D eigenvalue weighted by Gasteiger charge is -2.36. The van der Waals surface area contributed by atoms with Gasteiger partial charge in [0.15, 0.2) is 0 Å². The van der Waals surface area contributed by atoms with Crippen LogP contribution >= 0.6 is 0 Å². The predicted octanol–water partition coefficient (Wildman–Crippen LogP) is 3.50. The van der Waals surface area contributed by atoms with Gasteiger partial charge in [-0.3, -0.25) is 19.4 Å². The van der Waals surface area contributed by atoms with Crippen molar-refractivity contribution < 1.29 is 4.79 Å². The molecule has 3 heterocycles. The second kappa shape index (κ2) is 7.56. The standard InChI is InChI=1S/C20H29N5O/c1-5-12-25-16(8-9-23-25)18-17(21-10-11-22-18)15-7-6-13-24(14-15)19(26)20(2,3)4/h8-11,15H,5-7,12-14H2,1-4H3/t15-/m1/s1. The molecule has 2 aromatic rings. The fraction of sp³-hybridized carbons (Fsp3) is 0.600. The first kappa shape index (κ1) is 18.5. The summed E-state index contributed by atoms with van der Waals surface area (Å²) in [6.07, 6.45) is 8.35. The molecule has 1 aliphatic heterocycles. The van der Waals surface area contributed by atoms with Crippen LogP contribution in [0.2, 0.25) is 0 Å². The van der Waals surface area contributed by atoms with E-state index in [9.17, 15) is 4.79 Å². The van der Waals surface area contributed by atoms with Gasteiger partial charge in [-0.05, 0) is 25.3 Å². The molecule has 1 aliphatic rings. The summed E-state index contributed by atoms with van der Waals surface area (Å²) in [7, 11) is 0. The number of nitrogens with zero attached hydrogens (tertiary/aromatic N) is 5. The summed E-state index contributed by atoms with van der Waals surface area (Å²) in [5.74, 6) is 0.424. The Balaban J connectivity index is 1.90. The van der Waals surface area contributed by atoms with Crippen molar-refractivity contribution in [2.75, 3.05) is 13.1 Å². The summed E-state index contributed by atoms with van der Waals surface area (Å²) in [5, 5.41) is 4.43. The molecule has 6 heteroatoms. The smallest absolute Gasteiger partial charge is 0.227 e. The summed E-state index contributed by atoms with van der Waals surface area (Å²) in [5.41, 5.74) is 2.53. The van der Waals surface area contributed by atoms with Crippen molar-refractivity contribution in [3.8, 4) is 11.4 Å². The predicted molar refractivity (Wildman–Crippen MR) is 102 cm³/mol. The zero-order chi connectivity index (χ0) is 18.7. The monoisotopic (exact) mass is 355 g/mol. The van der Waals surface area contributed by atoms with Crippen LogP contribution in [0.3, 0.4) is 0 Å². The Morgan fingerprint density at radius 3 is 2.73 bits per heavy atom. The second-order valence-corrected chi connectivity index (χ2v) is 8.07. The van der Waals surface area contributed by atoms with Crippen LogP contribution in [-0.2, 0) is 11.3 Å². The average molecular weight is 355 g/mol. The Bertz CT molecular complexity index is 762. The highest BCUT2D eigenvalue weighted by Gasteiger charge is 2.33. The average Bonchev–Trinajstić information content (AvgIpc) is 3.09. The first-order valence-corrected chi connectivity index (χ1v) is 9.54. The zero-order valence-electron chi connectivity index (χ0n) is 16.3. The van der Waals surface area contributed by atoms with Gasteiger partial charge in [-0.1, -0.05) is 27.7 Å². The summed E-state index contributed by atoms with van der Waals surface area (Å²) in [6.45, 7) is 10.5. The van der Waals surface area contributed by atoms with Crippen LogP contribution in [0.1, 0.15) is 58.6 Å². The van der Waals surface area contributed by atoms with Crippen LogP contribution < -0.4 is 0 Å². The highest BCUT2D eigenvalue weighted by Crippen LogP contribution is 2.33. The molecule has 3 rings (SSSR count). The first-order chi connectivity index (χ1) is 12.4. The SMILES string of the molecule is CCCn1nccc1-c1nccnc1[C@@H]1CCCN(C(=O)C(C)(C)C)C1. The Kier molecular flexibility index (Phi) is 5.39. The highest BCUT2D eigenvalue weighted by molar-refractivity contribution is 5.81. The van der Waals surface area contributed by atoms with Gasteiger partial charge in [0, 0.05) is 49.6 Å². The van der Waals surface area contributed by atoms with Crippen molar-refractivity contribution in [2.45, 2.75) is 59.4 Å². The third-order valence-electron chi connectivity index (χ3n) is 4.86. The van der Waals surface area contributed by atoms with Gasteiger partial charge in [-0.2, -0.15) is 5.10 Å². The summed E-state index contributed by atoms with van der Waals surface area (Å²) < 4.78 is 1.99. The van der Waals surface area contributed by atoms with Crippen molar-refractivity contribution in [2.24, 2.45) is 5.41 Å². The topological polar surface area (TPSA) is 63.9 Å². The van der Waals surface area contributed by atoms with Crippen molar-refractivity contribution in [3.63, 3.8) is 0 Å². The van der Waals surface area contributed by atoms with Crippen LogP contribution in [0.15, 0.2) is 24.7 Å². The lowest BCUT2D eigenvalue weighted by Crippen LogP contribution is -2.44. The molecule has 26 heavy (non-hydrogen) atoms. The molecule has 1 saturated heterocycles. The third kappa shape index (κ3) is 3.79. The summed E-state index contributed by atoms with van der Waals surface area (Å²) in [4.78, 5) is 24.0. The number of hydrogen-bond donors (Lipinski definition) is 0. The fourth-order valence-electron chi connectivity index (χ4n) is 3.63. The van der Waals surface area contributed by atoms with E-state index in [2.05, 4.69) is 22.0 Å². The van der Waals surface area contributed by atoms with Crippen LogP contribution in [0.25, 0.3) is 11.4 Å². The highest BCUT2D eigenvalue weighted by atomic mass is 16.2. The minimum atomic E-state index is -0.354.